The van der Waals surface area contributed by atoms with Crippen LogP contribution >= 0.6 is 12.2 Å². The molecule has 1 aromatic carbocycles. The molecule has 0 radical (unpaired) electrons. The van der Waals surface area contributed by atoms with E-state index in [2.05, 4.69) is 13.0 Å². The summed E-state index contributed by atoms with van der Waals surface area (Å²) in [5, 5.41) is 10.7. The van der Waals surface area contributed by atoms with Crippen molar-refractivity contribution in [3.8, 4) is 0 Å². The van der Waals surface area contributed by atoms with E-state index in [9.17, 15) is 14.9 Å². The number of anilines is 1. The van der Waals surface area contributed by atoms with Crippen LogP contribution in [0, 0.1) is 27.9 Å². The van der Waals surface area contributed by atoms with Crippen LogP contribution in [0.3, 0.4) is 0 Å². The van der Waals surface area contributed by atoms with Gasteiger partial charge in [-0.2, -0.15) is 0 Å². The number of non-ortho nitro benzene ring substituents is 1. The molecule has 1 amide bonds. The summed E-state index contributed by atoms with van der Waals surface area (Å²) in [6, 6.07) is 5.96. The second-order valence-corrected chi connectivity index (χ2v) is 5.86. The van der Waals surface area contributed by atoms with Crippen LogP contribution in [0.2, 0.25) is 0 Å². The molecule has 0 N–H and O–H groups in total. The summed E-state index contributed by atoms with van der Waals surface area (Å²) in [5.74, 6) is 0.179. The highest BCUT2D eigenvalue weighted by Crippen LogP contribution is 2.41. The number of hydrogen-bond donors (Lipinski definition) is 0. The number of rotatable bonds is 2. The van der Waals surface area contributed by atoms with E-state index in [4.69, 9.17) is 12.2 Å². The summed E-state index contributed by atoms with van der Waals surface area (Å²) in [4.78, 5) is 25.0. The van der Waals surface area contributed by atoms with Crippen molar-refractivity contribution in [3.63, 3.8) is 0 Å². The Bertz CT molecular complexity index is 653. The molecule has 1 aromatic rings. The lowest BCUT2D eigenvalue weighted by atomic mass is 9.79. The van der Waals surface area contributed by atoms with Crippen molar-refractivity contribution in [2.75, 3.05) is 4.90 Å². The van der Waals surface area contributed by atoms with E-state index in [0.29, 0.717) is 17.1 Å². The maximum absolute atomic E-state index is 12.6. The van der Waals surface area contributed by atoms with Crippen LogP contribution in [-0.2, 0) is 4.79 Å². The highest BCUT2D eigenvalue weighted by Gasteiger charge is 2.47. The Morgan fingerprint density at radius 2 is 2.00 bits per heavy atom. The van der Waals surface area contributed by atoms with Crippen molar-refractivity contribution in [2.45, 2.75) is 13.3 Å². The van der Waals surface area contributed by atoms with E-state index in [1.165, 1.54) is 17.0 Å². The minimum absolute atomic E-state index is 0.00349. The molecule has 21 heavy (non-hydrogen) atoms. The highest BCUT2D eigenvalue weighted by atomic mass is 32.1. The van der Waals surface area contributed by atoms with Gasteiger partial charge in [-0.25, -0.2) is 0 Å². The standard InChI is InChI=1S/C15H14N2O3S/c1-9-3-2-4-12-13(9)15(21)16(14(12)18)10-5-7-11(8-6-10)17(19)20/h2-3,5-9,12-13H,4H2,1H3/t9-,12+,13-/m0/s1. The molecule has 0 aromatic heterocycles. The summed E-state index contributed by atoms with van der Waals surface area (Å²) < 4.78 is 0. The smallest absolute Gasteiger partial charge is 0.269 e. The third-order valence-corrected chi connectivity index (χ3v) is 4.65. The number of hydrogen-bond acceptors (Lipinski definition) is 4. The first kappa shape index (κ1) is 13.9. The number of fused-ring (bicyclic) bond motifs is 1. The van der Waals surface area contributed by atoms with Gasteiger partial charge in [0.15, 0.2) is 0 Å². The number of allylic oxidation sites excluding steroid dienone is 2. The fourth-order valence-electron chi connectivity index (χ4n) is 3.13. The van der Waals surface area contributed by atoms with Gasteiger partial charge < -0.3 is 0 Å². The topological polar surface area (TPSA) is 63.5 Å². The number of carbonyl (C=O) groups is 1. The van der Waals surface area contributed by atoms with Gasteiger partial charge in [0, 0.05) is 23.7 Å². The number of thiocarbonyl (C=S) groups is 1. The molecule has 1 aliphatic heterocycles. The van der Waals surface area contributed by atoms with Crippen molar-refractivity contribution < 1.29 is 9.72 Å². The number of nitro benzene ring substituents is 1. The fraction of sp³-hybridized carbons (Fsp3) is 0.333. The van der Waals surface area contributed by atoms with Crippen molar-refractivity contribution >= 4 is 34.5 Å². The van der Waals surface area contributed by atoms with Crippen molar-refractivity contribution in [3.05, 3.63) is 46.5 Å². The van der Waals surface area contributed by atoms with Gasteiger partial charge in [-0.15, -0.1) is 0 Å². The minimum Gasteiger partial charge on any atom is -0.274 e. The predicted molar refractivity (Wildman–Crippen MR) is 83.1 cm³/mol. The van der Waals surface area contributed by atoms with Gasteiger partial charge in [0.05, 0.1) is 15.8 Å². The van der Waals surface area contributed by atoms with E-state index >= 15 is 0 Å². The summed E-state index contributed by atoms with van der Waals surface area (Å²) in [7, 11) is 0. The lowest BCUT2D eigenvalue weighted by molar-refractivity contribution is -0.384. The lowest BCUT2D eigenvalue weighted by Gasteiger charge is -2.24. The number of nitrogens with zero attached hydrogens (tertiary/aromatic N) is 2. The van der Waals surface area contributed by atoms with Gasteiger partial charge in [-0.3, -0.25) is 19.8 Å². The molecule has 0 bridgehead atoms. The van der Waals surface area contributed by atoms with Crippen LogP contribution in [0.4, 0.5) is 11.4 Å². The monoisotopic (exact) mass is 302 g/mol. The van der Waals surface area contributed by atoms with Crippen molar-refractivity contribution in [1.82, 2.24) is 0 Å². The molecule has 1 aliphatic carbocycles. The summed E-state index contributed by atoms with van der Waals surface area (Å²) in [6.07, 6.45) is 4.84. The van der Waals surface area contributed by atoms with Crippen LogP contribution in [0.25, 0.3) is 0 Å². The second-order valence-electron chi connectivity index (χ2n) is 5.44. The van der Waals surface area contributed by atoms with Crippen LogP contribution < -0.4 is 4.90 Å². The molecule has 6 heteroatoms. The molecule has 0 spiro atoms. The van der Waals surface area contributed by atoms with Crippen molar-refractivity contribution in [2.24, 2.45) is 17.8 Å². The molecule has 1 fully saturated rings. The third-order valence-electron chi connectivity index (χ3n) is 4.19. The van der Waals surface area contributed by atoms with E-state index in [0.717, 1.165) is 0 Å². The zero-order chi connectivity index (χ0) is 15.1. The SMILES string of the molecule is C[C@H]1C=CC[C@H]2C(=O)N(c3ccc([N+](=O)[O-])cc3)C(=S)[C@@H]12. The highest BCUT2D eigenvalue weighted by molar-refractivity contribution is 7.80. The van der Waals surface area contributed by atoms with Gasteiger partial charge in [-0.1, -0.05) is 31.3 Å². The first-order valence-electron chi connectivity index (χ1n) is 6.79. The van der Waals surface area contributed by atoms with Crippen LogP contribution in [0.15, 0.2) is 36.4 Å². The number of nitro groups is 1. The molecule has 3 rings (SSSR count). The molecule has 3 atom stereocenters. The first-order chi connectivity index (χ1) is 10.0. The summed E-state index contributed by atoms with van der Waals surface area (Å²) in [5.41, 5.74) is 0.612. The van der Waals surface area contributed by atoms with Crippen LogP contribution in [0.1, 0.15) is 13.3 Å². The molecule has 5 nitrogen and oxygen atoms in total. The zero-order valence-corrected chi connectivity index (χ0v) is 12.2. The number of carbonyl (C=O) groups excluding carboxylic acids is 1. The lowest BCUT2D eigenvalue weighted by Crippen LogP contribution is -2.30. The minimum atomic E-state index is -0.459. The zero-order valence-electron chi connectivity index (χ0n) is 11.4. The Kier molecular flexibility index (Phi) is 3.33. The summed E-state index contributed by atoms with van der Waals surface area (Å²) in [6.45, 7) is 2.06. The predicted octanol–water partition coefficient (Wildman–Crippen LogP) is 3.10. The van der Waals surface area contributed by atoms with Gasteiger partial charge in [0.2, 0.25) is 5.91 Å². The summed E-state index contributed by atoms with van der Waals surface area (Å²) >= 11 is 5.50. The molecule has 2 aliphatic rings. The molecular weight excluding hydrogens is 288 g/mol. The fourth-order valence-corrected chi connectivity index (χ4v) is 3.70. The maximum Gasteiger partial charge on any atom is 0.269 e. The number of amides is 1. The van der Waals surface area contributed by atoms with Gasteiger partial charge in [0.25, 0.3) is 5.69 Å². The average molecular weight is 302 g/mol. The van der Waals surface area contributed by atoms with Gasteiger partial charge in [0.1, 0.15) is 0 Å². The van der Waals surface area contributed by atoms with Gasteiger partial charge >= 0.3 is 0 Å². The number of benzene rings is 1. The Morgan fingerprint density at radius 1 is 1.33 bits per heavy atom. The molecule has 1 heterocycles. The van der Waals surface area contributed by atoms with Crippen LogP contribution in [-0.4, -0.2) is 15.8 Å². The normalized spacial score (nSPS) is 27.9. The van der Waals surface area contributed by atoms with E-state index in [-0.39, 0.29) is 29.3 Å². The quantitative estimate of drug-likeness (QED) is 0.364. The van der Waals surface area contributed by atoms with E-state index in [1.807, 2.05) is 6.08 Å². The Morgan fingerprint density at radius 3 is 2.57 bits per heavy atom. The Labute approximate surface area is 127 Å². The molecule has 108 valence electrons. The molecule has 1 saturated heterocycles. The largest absolute Gasteiger partial charge is 0.274 e. The Balaban J connectivity index is 1.94. The van der Waals surface area contributed by atoms with Crippen LogP contribution in [0.5, 0.6) is 0 Å². The molecule has 0 unspecified atom stereocenters. The Hall–Kier alpha value is -2.08. The average Bonchev–Trinajstić information content (AvgIpc) is 2.72. The van der Waals surface area contributed by atoms with Crippen molar-refractivity contribution in [1.29, 1.82) is 0 Å². The third kappa shape index (κ3) is 2.15. The van der Waals surface area contributed by atoms with Gasteiger partial charge in [-0.05, 0) is 24.5 Å². The molecular formula is C15H14N2O3S. The second kappa shape index (κ2) is 5.04. The van der Waals surface area contributed by atoms with E-state index in [1.54, 1.807) is 12.1 Å². The first-order valence-corrected chi connectivity index (χ1v) is 7.20. The molecule has 0 saturated carbocycles. The van der Waals surface area contributed by atoms with E-state index < -0.39 is 4.92 Å². The maximum atomic E-state index is 12.6.